The van der Waals surface area contributed by atoms with Crippen LogP contribution in [0.25, 0.3) is 0 Å². The van der Waals surface area contributed by atoms with E-state index in [1.54, 1.807) is 11.5 Å². The zero-order valence-corrected chi connectivity index (χ0v) is 15.4. The first kappa shape index (κ1) is 18.0. The lowest BCUT2D eigenvalue weighted by Crippen LogP contribution is -2.38. The Bertz CT molecular complexity index is 688. The summed E-state index contributed by atoms with van der Waals surface area (Å²) in [5.74, 6) is -0.203. The molecular weight excluding hydrogens is 314 g/mol. The number of nitrogens with one attached hydrogen (secondary N) is 1. The number of carbonyl (C=O) groups excluding carboxylic acids is 1. The van der Waals surface area contributed by atoms with E-state index in [0.717, 1.165) is 18.5 Å². The van der Waals surface area contributed by atoms with Crippen molar-refractivity contribution in [2.45, 2.75) is 65.2 Å². The Kier molecular flexibility index (Phi) is 5.18. The number of rotatable bonds is 7. The summed E-state index contributed by atoms with van der Waals surface area (Å²) >= 11 is 0. The molecule has 1 atom stereocenters. The zero-order chi connectivity index (χ0) is 17.4. The van der Waals surface area contributed by atoms with Gasteiger partial charge in [0.15, 0.2) is 0 Å². The first-order chi connectivity index (χ1) is 10.6. The number of aromatic nitrogens is 2. The van der Waals surface area contributed by atoms with Crippen LogP contribution >= 0.6 is 0 Å². The van der Waals surface area contributed by atoms with Crippen LogP contribution < -0.4 is 5.32 Å². The molecule has 1 aromatic rings. The van der Waals surface area contributed by atoms with Crippen LogP contribution in [0.1, 0.15) is 45.0 Å². The normalized spacial score (nSPS) is 16.6. The molecule has 1 amide bonds. The van der Waals surface area contributed by atoms with E-state index in [4.69, 9.17) is 0 Å². The van der Waals surface area contributed by atoms with E-state index < -0.39 is 21.5 Å². The van der Waals surface area contributed by atoms with Gasteiger partial charge in [-0.1, -0.05) is 13.8 Å². The second-order valence-electron chi connectivity index (χ2n) is 7.02. The van der Waals surface area contributed by atoms with E-state index in [-0.39, 0.29) is 11.2 Å². The van der Waals surface area contributed by atoms with Crippen molar-refractivity contribution in [3.8, 4) is 0 Å². The minimum absolute atomic E-state index is 0.00965. The molecule has 0 radical (unpaired) electrons. The highest BCUT2D eigenvalue weighted by atomic mass is 32.2. The van der Waals surface area contributed by atoms with Gasteiger partial charge in [-0.3, -0.25) is 4.79 Å². The molecule has 2 rings (SSSR count). The molecule has 6 nitrogen and oxygen atoms in total. The Morgan fingerprint density at radius 1 is 1.30 bits per heavy atom. The van der Waals surface area contributed by atoms with Gasteiger partial charge < -0.3 is 9.88 Å². The molecule has 1 aromatic heterocycles. The predicted molar refractivity (Wildman–Crippen MR) is 88.9 cm³/mol. The van der Waals surface area contributed by atoms with Gasteiger partial charge in [-0.05, 0) is 45.4 Å². The quantitative estimate of drug-likeness (QED) is 0.820. The molecule has 130 valence electrons. The second kappa shape index (κ2) is 6.63. The molecule has 1 aliphatic carbocycles. The maximum absolute atomic E-state index is 12.6. The minimum atomic E-state index is -3.75. The Labute approximate surface area is 138 Å². The average molecular weight is 341 g/mol. The fourth-order valence-electron chi connectivity index (χ4n) is 2.69. The van der Waals surface area contributed by atoms with Crippen molar-refractivity contribution in [1.82, 2.24) is 14.9 Å². The van der Waals surface area contributed by atoms with Crippen LogP contribution in [0.4, 0.5) is 0 Å². The van der Waals surface area contributed by atoms with E-state index in [9.17, 15) is 13.2 Å². The molecule has 0 aromatic carbocycles. The van der Waals surface area contributed by atoms with Crippen LogP contribution in [0.5, 0.6) is 0 Å². The smallest absolute Gasteiger partial charge is 0.235 e. The zero-order valence-electron chi connectivity index (χ0n) is 14.6. The highest BCUT2D eigenvalue weighted by molar-refractivity contribution is 7.92. The van der Waals surface area contributed by atoms with Gasteiger partial charge in [-0.25, -0.2) is 13.4 Å². The molecule has 0 unspecified atom stereocenters. The van der Waals surface area contributed by atoms with Gasteiger partial charge in [0.2, 0.25) is 20.9 Å². The van der Waals surface area contributed by atoms with Crippen molar-refractivity contribution in [3.63, 3.8) is 0 Å². The maximum Gasteiger partial charge on any atom is 0.235 e. The molecule has 23 heavy (non-hydrogen) atoms. The van der Waals surface area contributed by atoms with Crippen LogP contribution in [0.15, 0.2) is 5.16 Å². The molecule has 1 N–H and O–H groups in total. The van der Waals surface area contributed by atoms with E-state index in [0.29, 0.717) is 24.1 Å². The first-order valence-electron chi connectivity index (χ1n) is 8.17. The number of imidazole rings is 1. The third kappa shape index (κ3) is 4.34. The van der Waals surface area contributed by atoms with E-state index in [1.165, 1.54) is 0 Å². The van der Waals surface area contributed by atoms with E-state index in [2.05, 4.69) is 10.3 Å². The first-order valence-corrected chi connectivity index (χ1v) is 9.83. The lowest BCUT2D eigenvalue weighted by molar-refractivity contribution is -0.119. The number of aryl methyl sites for hydroxylation is 1. The lowest BCUT2D eigenvalue weighted by atomic mass is 10.2. The molecule has 1 saturated carbocycles. The van der Waals surface area contributed by atoms with Gasteiger partial charge in [0.05, 0.1) is 5.69 Å². The lowest BCUT2D eigenvalue weighted by Gasteiger charge is -2.14. The summed E-state index contributed by atoms with van der Waals surface area (Å²) in [5, 5.41) is 2.80. The van der Waals surface area contributed by atoms with E-state index >= 15 is 0 Å². The third-order valence-electron chi connectivity index (χ3n) is 4.29. The summed E-state index contributed by atoms with van der Waals surface area (Å²) < 4.78 is 27.0. The van der Waals surface area contributed by atoms with Gasteiger partial charge in [0.25, 0.3) is 0 Å². The number of nitrogens with zero attached hydrogens (tertiary/aromatic N) is 2. The van der Waals surface area contributed by atoms with Crippen LogP contribution in [-0.2, 0) is 21.2 Å². The number of sulfone groups is 1. The third-order valence-corrected chi connectivity index (χ3v) is 5.80. The summed E-state index contributed by atoms with van der Waals surface area (Å²) in [6, 6.07) is 0.0385. The van der Waals surface area contributed by atoms with Crippen molar-refractivity contribution >= 4 is 15.7 Å². The Morgan fingerprint density at radius 2 is 1.91 bits per heavy atom. The monoisotopic (exact) mass is 341 g/mol. The Morgan fingerprint density at radius 3 is 2.43 bits per heavy atom. The fourth-order valence-corrected chi connectivity index (χ4v) is 4.07. The van der Waals surface area contributed by atoms with Crippen molar-refractivity contribution in [1.29, 1.82) is 0 Å². The number of hydrogen-bond donors (Lipinski definition) is 1. The van der Waals surface area contributed by atoms with Crippen LogP contribution in [0, 0.1) is 25.7 Å². The molecule has 0 aliphatic heterocycles. The van der Waals surface area contributed by atoms with Gasteiger partial charge in [-0.15, -0.1) is 0 Å². The predicted octanol–water partition coefficient (Wildman–Crippen LogP) is 1.84. The van der Waals surface area contributed by atoms with Crippen LogP contribution in [0.3, 0.4) is 0 Å². The molecule has 7 heteroatoms. The van der Waals surface area contributed by atoms with Crippen LogP contribution in [0.2, 0.25) is 0 Å². The maximum atomic E-state index is 12.6. The van der Waals surface area contributed by atoms with Gasteiger partial charge in [0.1, 0.15) is 5.75 Å². The number of amides is 1. The summed E-state index contributed by atoms with van der Waals surface area (Å²) in [7, 11) is -3.75. The van der Waals surface area contributed by atoms with Crippen molar-refractivity contribution in [2.24, 2.45) is 11.8 Å². The molecular formula is C16H27N3O3S. The molecule has 1 heterocycles. The van der Waals surface area contributed by atoms with Gasteiger partial charge >= 0.3 is 0 Å². The highest BCUT2D eigenvalue weighted by Crippen LogP contribution is 2.32. The SMILES string of the molecule is Cc1nc(S(=O)(=O)CC(=O)N[C@@H](C)C2CC2)n(CC(C)C)c1C. The average Bonchev–Trinajstić information content (AvgIpc) is 3.20. The second-order valence-corrected chi connectivity index (χ2v) is 8.91. The Hall–Kier alpha value is -1.37. The summed E-state index contributed by atoms with van der Waals surface area (Å²) in [6.45, 7) is 10.2. The van der Waals surface area contributed by atoms with Crippen molar-refractivity contribution < 1.29 is 13.2 Å². The number of hydrogen-bond acceptors (Lipinski definition) is 4. The summed E-state index contributed by atoms with van der Waals surface area (Å²) in [5.41, 5.74) is 1.53. The minimum Gasteiger partial charge on any atom is -0.352 e. The van der Waals surface area contributed by atoms with Gasteiger partial charge in [0, 0.05) is 18.3 Å². The topological polar surface area (TPSA) is 81.1 Å². The molecule has 0 saturated heterocycles. The fraction of sp³-hybridized carbons (Fsp3) is 0.750. The standard InChI is InChI=1S/C16H27N3O3S/c1-10(2)8-19-13(5)11(3)18-16(19)23(21,22)9-15(20)17-12(4)14-6-7-14/h10,12,14H,6-9H2,1-5H3,(H,17,20)/t12-/m0/s1. The van der Waals surface area contributed by atoms with E-state index in [1.807, 2.05) is 27.7 Å². The molecule has 0 spiro atoms. The highest BCUT2D eigenvalue weighted by Gasteiger charge is 2.31. The molecule has 1 fully saturated rings. The summed E-state index contributed by atoms with van der Waals surface area (Å²) in [4.78, 5) is 16.3. The number of carbonyl (C=O) groups is 1. The Balaban J connectivity index is 2.18. The largest absolute Gasteiger partial charge is 0.352 e. The molecule has 1 aliphatic rings. The van der Waals surface area contributed by atoms with Gasteiger partial charge in [-0.2, -0.15) is 0 Å². The van der Waals surface area contributed by atoms with Crippen molar-refractivity contribution in [2.75, 3.05) is 5.75 Å². The molecule has 0 bridgehead atoms. The van der Waals surface area contributed by atoms with Crippen LogP contribution in [-0.4, -0.2) is 35.7 Å². The van der Waals surface area contributed by atoms with Crippen molar-refractivity contribution in [3.05, 3.63) is 11.4 Å². The summed E-state index contributed by atoms with van der Waals surface area (Å²) in [6.07, 6.45) is 2.21.